The topological polar surface area (TPSA) is 33.1 Å². The molecule has 2 aromatic rings. The Labute approximate surface area is 126 Å². The number of rotatable bonds is 5. The van der Waals surface area contributed by atoms with Gasteiger partial charge >= 0.3 is 0 Å². The standard InChI is InChI=1S/C17H24N4/c1-14-16(12-19-20(14)2)11-18-17-7-5-15(6-8-17)13-21-9-3-4-10-21/h5-8,12,18H,3-4,9-11,13H2,1-2H3. The number of nitrogens with zero attached hydrogens (tertiary/aromatic N) is 3. The van der Waals surface area contributed by atoms with E-state index in [1.165, 1.54) is 48.4 Å². The van der Waals surface area contributed by atoms with E-state index in [2.05, 4.69) is 46.5 Å². The third-order valence-electron chi connectivity index (χ3n) is 4.38. The highest BCUT2D eigenvalue weighted by atomic mass is 15.3. The predicted molar refractivity (Wildman–Crippen MR) is 86.2 cm³/mol. The molecule has 0 bridgehead atoms. The molecule has 112 valence electrons. The fourth-order valence-corrected chi connectivity index (χ4v) is 2.84. The zero-order chi connectivity index (χ0) is 14.7. The molecular formula is C17H24N4. The van der Waals surface area contributed by atoms with Gasteiger partial charge in [0.05, 0.1) is 6.20 Å². The third kappa shape index (κ3) is 3.45. The van der Waals surface area contributed by atoms with Gasteiger partial charge in [-0.1, -0.05) is 12.1 Å². The minimum absolute atomic E-state index is 0.825. The van der Waals surface area contributed by atoms with Gasteiger partial charge < -0.3 is 5.32 Å². The summed E-state index contributed by atoms with van der Waals surface area (Å²) in [7, 11) is 1.98. The van der Waals surface area contributed by atoms with Gasteiger partial charge in [0.2, 0.25) is 0 Å². The molecule has 0 saturated carbocycles. The summed E-state index contributed by atoms with van der Waals surface area (Å²) in [5.41, 5.74) is 5.04. The molecule has 0 spiro atoms. The van der Waals surface area contributed by atoms with E-state index in [9.17, 15) is 0 Å². The number of aryl methyl sites for hydroxylation is 1. The summed E-state index contributed by atoms with van der Waals surface area (Å²) in [6, 6.07) is 8.82. The lowest BCUT2D eigenvalue weighted by atomic mass is 10.2. The van der Waals surface area contributed by atoms with E-state index in [4.69, 9.17) is 0 Å². The quantitative estimate of drug-likeness (QED) is 0.916. The van der Waals surface area contributed by atoms with Crippen LogP contribution in [0, 0.1) is 6.92 Å². The zero-order valence-corrected chi connectivity index (χ0v) is 13.0. The summed E-state index contributed by atoms with van der Waals surface area (Å²) in [6.45, 7) is 6.51. The van der Waals surface area contributed by atoms with Crippen LogP contribution in [0.2, 0.25) is 0 Å². The summed E-state index contributed by atoms with van der Waals surface area (Å²) in [6.07, 6.45) is 4.64. The summed E-state index contributed by atoms with van der Waals surface area (Å²) >= 11 is 0. The molecule has 21 heavy (non-hydrogen) atoms. The van der Waals surface area contributed by atoms with Crippen molar-refractivity contribution in [1.29, 1.82) is 0 Å². The maximum absolute atomic E-state index is 4.27. The second kappa shape index (κ2) is 6.31. The lowest BCUT2D eigenvalue weighted by Gasteiger charge is -2.15. The van der Waals surface area contributed by atoms with Crippen LogP contribution in [-0.4, -0.2) is 27.8 Å². The van der Waals surface area contributed by atoms with E-state index in [1.807, 2.05) is 17.9 Å². The van der Waals surface area contributed by atoms with Gasteiger partial charge in [-0.05, 0) is 50.6 Å². The SMILES string of the molecule is Cc1c(CNc2ccc(CN3CCCC3)cc2)cnn1C. The predicted octanol–water partition coefficient (Wildman–Crippen LogP) is 2.94. The minimum atomic E-state index is 0.825. The molecule has 0 atom stereocenters. The van der Waals surface area contributed by atoms with E-state index in [-0.39, 0.29) is 0 Å². The van der Waals surface area contributed by atoms with Crippen molar-refractivity contribution >= 4 is 5.69 Å². The van der Waals surface area contributed by atoms with Crippen LogP contribution in [0.15, 0.2) is 30.5 Å². The summed E-state index contributed by atoms with van der Waals surface area (Å²) in [5.74, 6) is 0. The first kappa shape index (κ1) is 14.1. The van der Waals surface area contributed by atoms with E-state index in [1.54, 1.807) is 0 Å². The van der Waals surface area contributed by atoms with Gasteiger partial charge in [0.1, 0.15) is 0 Å². The van der Waals surface area contributed by atoms with Crippen LogP contribution in [0.25, 0.3) is 0 Å². The van der Waals surface area contributed by atoms with Crippen molar-refractivity contribution in [3.05, 3.63) is 47.3 Å². The highest BCUT2D eigenvalue weighted by molar-refractivity contribution is 5.45. The van der Waals surface area contributed by atoms with Gasteiger partial charge in [-0.25, -0.2) is 0 Å². The average Bonchev–Trinajstić information content (AvgIpc) is 3.11. The van der Waals surface area contributed by atoms with Gasteiger partial charge in [0, 0.05) is 37.1 Å². The fraction of sp³-hybridized carbons (Fsp3) is 0.471. The number of anilines is 1. The Bertz CT molecular complexity index is 579. The monoisotopic (exact) mass is 284 g/mol. The van der Waals surface area contributed by atoms with Crippen LogP contribution in [0.5, 0.6) is 0 Å². The first-order valence-corrected chi connectivity index (χ1v) is 7.75. The van der Waals surface area contributed by atoms with E-state index >= 15 is 0 Å². The molecule has 1 aliphatic rings. The molecule has 1 aromatic carbocycles. The lowest BCUT2D eigenvalue weighted by molar-refractivity contribution is 0.331. The van der Waals surface area contributed by atoms with Crippen molar-refractivity contribution in [3.8, 4) is 0 Å². The Hall–Kier alpha value is -1.81. The van der Waals surface area contributed by atoms with E-state index < -0.39 is 0 Å². The number of nitrogens with one attached hydrogen (secondary N) is 1. The molecule has 4 nitrogen and oxygen atoms in total. The van der Waals surface area contributed by atoms with Crippen LogP contribution in [0.4, 0.5) is 5.69 Å². The van der Waals surface area contributed by atoms with Gasteiger partial charge in [-0.2, -0.15) is 5.10 Å². The Balaban J connectivity index is 1.55. The Morgan fingerprint density at radius 1 is 1.14 bits per heavy atom. The lowest BCUT2D eigenvalue weighted by Crippen LogP contribution is -2.18. The second-order valence-corrected chi connectivity index (χ2v) is 5.91. The molecule has 1 N–H and O–H groups in total. The highest BCUT2D eigenvalue weighted by Gasteiger charge is 2.11. The van der Waals surface area contributed by atoms with Crippen molar-refractivity contribution in [2.75, 3.05) is 18.4 Å². The number of hydrogen-bond acceptors (Lipinski definition) is 3. The Morgan fingerprint density at radius 2 is 1.86 bits per heavy atom. The molecular weight excluding hydrogens is 260 g/mol. The molecule has 2 heterocycles. The van der Waals surface area contributed by atoms with Gasteiger partial charge in [0.15, 0.2) is 0 Å². The maximum Gasteiger partial charge on any atom is 0.0542 e. The summed E-state index contributed by atoms with van der Waals surface area (Å²) < 4.78 is 1.91. The Morgan fingerprint density at radius 3 is 2.48 bits per heavy atom. The Kier molecular flexibility index (Phi) is 4.25. The summed E-state index contributed by atoms with van der Waals surface area (Å²) in [4.78, 5) is 2.53. The number of aromatic nitrogens is 2. The molecule has 0 unspecified atom stereocenters. The van der Waals surface area contributed by atoms with E-state index in [0.29, 0.717) is 0 Å². The molecule has 4 heteroatoms. The molecule has 3 rings (SSSR count). The first-order valence-electron chi connectivity index (χ1n) is 7.75. The third-order valence-corrected chi connectivity index (χ3v) is 4.38. The largest absolute Gasteiger partial charge is 0.381 e. The maximum atomic E-state index is 4.27. The van der Waals surface area contributed by atoms with Gasteiger partial charge in [-0.15, -0.1) is 0 Å². The fourth-order valence-electron chi connectivity index (χ4n) is 2.84. The van der Waals surface area contributed by atoms with Crippen LogP contribution >= 0.6 is 0 Å². The zero-order valence-electron chi connectivity index (χ0n) is 13.0. The number of benzene rings is 1. The van der Waals surface area contributed by atoms with Crippen molar-refractivity contribution in [1.82, 2.24) is 14.7 Å². The van der Waals surface area contributed by atoms with Gasteiger partial charge in [-0.3, -0.25) is 9.58 Å². The van der Waals surface area contributed by atoms with Crippen LogP contribution < -0.4 is 5.32 Å². The minimum Gasteiger partial charge on any atom is -0.381 e. The van der Waals surface area contributed by atoms with Crippen LogP contribution in [0.3, 0.4) is 0 Å². The van der Waals surface area contributed by atoms with Gasteiger partial charge in [0.25, 0.3) is 0 Å². The van der Waals surface area contributed by atoms with Crippen LogP contribution in [0.1, 0.15) is 29.7 Å². The molecule has 0 radical (unpaired) electrons. The van der Waals surface area contributed by atoms with Crippen molar-refractivity contribution < 1.29 is 0 Å². The molecule has 0 amide bonds. The van der Waals surface area contributed by atoms with Crippen molar-refractivity contribution in [2.45, 2.75) is 32.9 Å². The summed E-state index contributed by atoms with van der Waals surface area (Å²) in [5, 5.41) is 7.74. The smallest absolute Gasteiger partial charge is 0.0542 e. The molecule has 1 aliphatic heterocycles. The van der Waals surface area contributed by atoms with Crippen molar-refractivity contribution in [3.63, 3.8) is 0 Å². The highest BCUT2D eigenvalue weighted by Crippen LogP contribution is 2.16. The molecule has 1 aromatic heterocycles. The second-order valence-electron chi connectivity index (χ2n) is 5.91. The number of hydrogen-bond donors (Lipinski definition) is 1. The van der Waals surface area contributed by atoms with Crippen LogP contribution in [-0.2, 0) is 20.1 Å². The normalized spacial score (nSPS) is 15.5. The number of likely N-dealkylation sites (tertiary alicyclic amines) is 1. The van der Waals surface area contributed by atoms with Crippen molar-refractivity contribution in [2.24, 2.45) is 7.05 Å². The van der Waals surface area contributed by atoms with E-state index in [0.717, 1.165) is 13.1 Å². The first-order chi connectivity index (χ1) is 10.2. The molecule has 0 aliphatic carbocycles. The molecule has 1 fully saturated rings. The molecule has 1 saturated heterocycles. The average molecular weight is 284 g/mol.